The number of halogens is 3. The van der Waals surface area contributed by atoms with E-state index < -0.39 is 0 Å². The Morgan fingerprint density at radius 2 is 1.94 bits per heavy atom. The van der Waals surface area contributed by atoms with E-state index >= 15 is 0 Å². The maximum absolute atomic E-state index is 13.8. The van der Waals surface area contributed by atoms with Gasteiger partial charge < -0.3 is 0 Å². The van der Waals surface area contributed by atoms with E-state index in [4.69, 9.17) is 23.2 Å². The first kappa shape index (κ1) is 11.9. The maximum atomic E-state index is 13.8. The lowest BCUT2D eigenvalue weighted by molar-refractivity contribution is 0.630. The van der Waals surface area contributed by atoms with Gasteiger partial charge in [-0.15, -0.1) is 0 Å². The van der Waals surface area contributed by atoms with Gasteiger partial charge >= 0.3 is 0 Å². The summed E-state index contributed by atoms with van der Waals surface area (Å²) in [5.41, 5.74) is 3.04. The minimum atomic E-state index is -0.332. The Labute approximate surface area is 115 Å². The first-order valence-electron chi connectivity index (χ1n) is 5.79. The monoisotopic (exact) mass is 281 g/mol. The van der Waals surface area contributed by atoms with Crippen molar-refractivity contribution in [1.82, 2.24) is 4.98 Å². The highest BCUT2D eigenvalue weighted by molar-refractivity contribution is 6.32. The molecule has 1 nitrogen and oxygen atoms in total. The first-order chi connectivity index (χ1) is 8.65. The number of hydrogen-bond donors (Lipinski definition) is 0. The van der Waals surface area contributed by atoms with Crippen molar-refractivity contribution in [2.75, 3.05) is 0 Å². The molecule has 0 bridgehead atoms. The van der Waals surface area contributed by atoms with Crippen molar-refractivity contribution < 1.29 is 4.39 Å². The Morgan fingerprint density at radius 1 is 1.11 bits per heavy atom. The Hall–Kier alpha value is -1.12. The molecule has 0 fully saturated rings. The molecule has 0 unspecified atom stereocenters. The molecular weight excluding hydrogens is 272 g/mol. The van der Waals surface area contributed by atoms with Crippen molar-refractivity contribution in [2.45, 2.75) is 19.3 Å². The quantitative estimate of drug-likeness (QED) is 0.739. The summed E-state index contributed by atoms with van der Waals surface area (Å²) < 4.78 is 13.8. The largest absolute Gasteiger partial charge is 0.252 e. The molecule has 0 atom stereocenters. The highest BCUT2D eigenvalue weighted by atomic mass is 35.5. The summed E-state index contributed by atoms with van der Waals surface area (Å²) in [7, 11) is 0. The number of benzene rings is 1. The first-order valence-corrected chi connectivity index (χ1v) is 6.54. The van der Waals surface area contributed by atoms with E-state index in [0.717, 1.165) is 30.5 Å². The molecule has 0 N–H and O–H groups in total. The summed E-state index contributed by atoms with van der Waals surface area (Å²) >= 11 is 12.1. The number of rotatable bonds is 1. The third-order valence-electron chi connectivity index (χ3n) is 3.20. The fourth-order valence-electron chi connectivity index (χ4n) is 2.33. The van der Waals surface area contributed by atoms with E-state index in [1.54, 1.807) is 12.1 Å². The van der Waals surface area contributed by atoms with Gasteiger partial charge in [-0.05, 0) is 49.1 Å². The van der Waals surface area contributed by atoms with Gasteiger partial charge in [-0.2, -0.15) is 0 Å². The standard InChI is InChI=1S/C14H10Cl2FN/c15-8-4-5-12(17)10(6-8)14-7-11(16)9-2-1-3-13(9)18-14/h4-7H,1-3H2. The Kier molecular flexibility index (Phi) is 3.00. The second-order valence-electron chi connectivity index (χ2n) is 4.39. The number of nitrogens with zero attached hydrogens (tertiary/aromatic N) is 1. The van der Waals surface area contributed by atoms with Crippen LogP contribution in [0.2, 0.25) is 10.0 Å². The van der Waals surface area contributed by atoms with Crippen molar-refractivity contribution >= 4 is 23.2 Å². The van der Waals surface area contributed by atoms with Crippen LogP contribution in [-0.4, -0.2) is 4.98 Å². The van der Waals surface area contributed by atoms with Gasteiger partial charge in [0.15, 0.2) is 0 Å². The van der Waals surface area contributed by atoms with Crippen molar-refractivity contribution in [3.63, 3.8) is 0 Å². The Morgan fingerprint density at radius 3 is 2.78 bits per heavy atom. The molecule has 1 aliphatic rings. The highest BCUT2D eigenvalue weighted by Gasteiger charge is 2.18. The molecule has 18 heavy (non-hydrogen) atoms. The van der Waals surface area contributed by atoms with Crippen LogP contribution in [0.1, 0.15) is 17.7 Å². The zero-order valence-corrected chi connectivity index (χ0v) is 11.0. The van der Waals surface area contributed by atoms with Crippen LogP contribution in [0.25, 0.3) is 11.3 Å². The predicted molar refractivity (Wildman–Crippen MR) is 71.7 cm³/mol. The van der Waals surface area contributed by atoms with E-state index in [1.165, 1.54) is 12.1 Å². The summed E-state index contributed by atoms with van der Waals surface area (Å²) in [5, 5.41) is 1.16. The van der Waals surface area contributed by atoms with E-state index in [1.807, 2.05) is 0 Å². The van der Waals surface area contributed by atoms with E-state index in [9.17, 15) is 4.39 Å². The lowest BCUT2D eigenvalue weighted by atomic mass is 10.1. The molecule has 0 spiro atoms. The van der Waals surface area contributed by atoms with Crippen LogP contribution in [0.15, 0.2) is 24.3 Å². The molecule has 0 amide bonds. The van der Waals surface area contributed by atoms with Crippen LogP contribution in [0.4, 0.5) is 4.39 Å². The molecule has 1 aromatic carbocycles. The number of aryl methyl sites for hydroxylation is 1. The molecule has 0 saturated heterocycles. The van der Waals surface area contributed by atoms with Crippen molar-refractivity contribution in [3.05, 3.63) is 51.4 Å². The summed E-state index contributed by atoms with van der Waals surface area (Å²) in [4.78, 5) is 4.50. The molecular formula is C14H10Cl2FN. The van der Waals surface area contributed by atoms with Crippen molar-refractivity contribution in [2.24, 2.45) is 0 Å². The van der Waals surface area contributed by atoms with Gasteiger partial charge in [0, 0.05) is 21.3 Å². The molecule has 0 aliphatic heterocycles. The molecule has 1 aliphatic carbocycles. The number of hydrogen-bond acceptors (Lipinski definition) is 1. The minimum absolute atomic E-state index is 0.332. The summed E-state index contributed by atoms with van der Waals surface area (Å²) in [6.45, 7) is 0. The molecule has 4 heteroatoms. The Bertz CT molecular complexity index is 625. The lowest BCUT2D eigenvalue weighted by Gasteiger charge is -2.08. The molecule has 0 radical (unpaired) electrons. The second kappa shape index (κ2) is 4.52. The van der Waals surface area contributed by atoms with Gasteiger partial charge in [0.05, 0.1) is 5.69 Å². The Balaban J connectivity index is 2.18. The smallest absolute Gasteiger partial charge is 0.132 e. The molecule has 2 aromatic rings. The van der Waals surface area contributed by atoms with E-state index in [2.05, 4.69) is 4.98 Å². The van der Waals surface area contributed by atoms with Crippen LogP contribution in [-0.2, 0) is 12.8 Å². The van der Waals surface area contributed by atoms with Crippen molar-refractivity contribution in [3.8, 4) is 11.3 Å². The van der Waals surface area contributed by atoms with Gasteiger partial charge in [-0.3, -0.25) is 4.98 Å². The van der Waals surface area contributed by atoms with E-state index in [-0.39, 0.29) is 5.82 Å². The number of pyridine rings is 1. The number of aromatic nitrogens is 1. The summed E-state index contributed by atoms with van der Waals surface area (Å²) in [5.74, 6) is -0.332. The fraction of sp³-hybridized carbons (Fsp3) is 0.214. The third-order valence-corrected chi connectivity index (χ3v) is 3.77. The van der Waals surface area contributed by atoms with Gasteiger partial charge in [-0.1, -0.05) is 23.2 Å². The zero-order chi connectivity index (χ0) is 12.7. The van der Waals surface area contributed by atoms with E-state index in [0.29, 0.717) is 21.3 Å². The summed E-state index contributed by atoms with van der Waals surface area (Å²) in [6.07, 6.45) is 2.92. The normalized spacial score (nSPS) is 13.7. The zero-order valence-electron chi connectivity index (χ0n) is 9.51. The maximum Gasteiger partial charge on any atom is 0.132 e. The van der Waals surface area contributed by atoms with Crippen molar-refractivity contribution in [1.29, 1.82) is 0 Å². The molecule has 3 rings (SSSR count). The molecule has 1 heterocycles. The van der Waals surface area contributed by atoms with Crippen LogP contribution in [0.5, 0.6) is 0 Å². The molecule has 92 valence electrons. The fourth-order valence-corrected chi connectivity index (χ4v) is 2.80. The van der Waals surface area contributed by atoms with Crippen LogP contribution < -0.4 is 0 Å². The SMILES string of the molecule is Fc1ccc(Cl)cc1-c1cc(Cl)c2c(n1)CCC2. The van der Waals surface area contributed by atoms with Crippen LogP contribution >= 0.6 is 23.2 Å². The third kappa shape index (κ3) is 2.00. The molecule has 1 aromatic heterocycles. The van der Waals surface area contributed by atoms with Gasteiger partial charge in [-0.25, -0.2) is 4.39 Å². The predicted octanol–water partition coefficient (Wildman–Crippen LogP) is 4.68. The lowest BCUT2D eigenvalue weighted by Crippen LogP contribution is -1.95. The molecule has 0 saturated carbocycles. The summed E-state index contributed by atoms with van der Waals surface area (Å²) in [6, 6.07) is 6.17. The average molecular weight is 282 g/mol. The second-order valence-corrected chi connectivity index (χ2v) is 5.24. The van der Waals surface area contributed by atoms with Crippen LogP contribution in [0, 0.1) is 5.82 Å². The topological polar surface area (TPSA) is 12.9 Å². The average Bonchev–Trinajstić information content (AvgIpc) is 2.81. The minimum Gasteiger partial charge on any atom is -0.252 e. The van der Waals surface area contributed by atoms with Gasteiger partial charge in [0.1, 0.15) is 5.82 Å². The van der Waals surface area contributed by atoms with Gasteiger partial charge in [0.2, 0.25) is 0 Å². The highest BCUT2D eigenvalue weighted by Crippen LogP contribution is 2.33. The number of fused-ring (bicyclic) bond motifs is 1. The van der Waals surface area contributed by atoms with Crippen LogP contribution in [0.3, 0.4) is 0 Å². The van der Waals surface area contributed by atoms with Gasteiger partial charge in [0.25, 0.3) is 0 Å².